The van der Waals surface area contributed by atoms with Gasteiger partial charge in [-0.3, -0.25) is 53.0 Å². The Morgan fingerprint density at radius 2 is 1.11 bits per heavy atom. The SMILES string of the molecule is NC(CSSC(CC(=O)O)[C@@](CC(=O)O)(C(=O)O)N(CC(=O)O)CC(=O)O)C(=O)O.O=C(O)CN(CC(=O)O)[C@@H](CS)C(=O)O. The minimum absolute atomic E-state index is 0.157. The van der Waals surface area contributed by atoms with Gasteiger partial charge in [-0.05, 0) is 0 Å². The zero-order chi connectivity index (χ0) is 35.7. The van der Waals surface area contributed by atoms with Gasteiger partial charge in [0.05, 0.1) is 44.3 Å². The van der Waals surface area contributed by atoms with Gasteiger partial charge in [0.25, 0.3) is 0 Å². The molecule has 0 bridgehead atoms. The number of thiol groups is 1. The van der Waals surface area contributed by atoms with E-state index in [1.54, 1.807) is 0 Å². The van der Waals surface area contributed by atoms with E-state index in [-0.39, 0.29) is 11.5 Å². The summed E-state index contributed by atoms with van der Waals surface area (Å²) in [6.45, 7) is -3.71. The van der Waals surface area contributed by atoms with Crippen molar-refractivity contribution in [3.8, 4) is 0 Å². The highest BCUT2D eigenvalue weighted by atomic mass is 33.1. The Labute approximate surface area is 265 Å². The predicted octanol–water partition coefficient (Wildman–Crippen LogP) is -2.77. The lowest BCUT2D eigenvalue weighted by molar-refractivity contribution is -0.164. The molecule has 0 aromatic rings. The molecule has 0 aromatic heterocycles. The van der Waals surface area contributed by atoms with E-state index in [4.69, 9.17) is 36.4 Å². The molecule has 0 aromatic carbocycles. The second-order valence-electron chi connectivity index (χ2n) is 8.58. The molecule has 0 rings (SSSR count). The maximum atomic E-state index is 12.2. The summed E-state index contributed by atoms with van der Waals surface area (Å²) >= 11 is 3.73. The van der Waals surface area contributed by atoms with Crippen molar-refractivity contribution in [1.82, 2.24) is 9.80 Å². The van der Waals surface area contributed by atoms with Gasteiger partial charge in [0, 0.05) is 11.5 Å². The van der Waals surface area contributed by atoms with E-state index in [2.05, 4.69) is 12.6 Å². The van der Waals surface area contributed by atoms with Gasteiger partial charge in [0.15, 0.2) is 0 Å². The Morgan fingerprint density at radius 1 is 0.667 bits per heavy atom. The average Bonchev–Trinajstić information content (AvgIpc) is 2.84. The molecule has 0 aliphatic carbocycles. The van der Waals surface area contributed by atoms with Gasteiger partial charge in [-0.2, -0.15) is 12.6 Å². The molecule has 4 atom stereocenters. The molecule has 2 unspecified atom stereocenters. The van der Waals surface area contributed by atoms with Crippen LogP contribution < -0.4 is 5.73 Å². The molecule has 24 heteroatoms. The molecule has 0 radical (unpaired) electrons. The van der Waals surface area contributed by atoms with Gasteiger partial charge in [-0.15, -0.1) is 0 Å². The third-order valence-electron chi connectivity index (χ3n) is 5.22. The van der Waals surface area contributed by atoms with Crippen molar-refractivity contribution >= 4 is 87.9 Å². The minimum Gasteiger partial charge on any atom is -0.481 e. The highest BCUT2D eigenvalue weighted by Gasteiger charge is 2.54. The number of nitrogens with zero attached hydrogens (tertiary/aromatic N) is 2. The fourth-order valence-electron chi connectivity index (χ4n) is 3.35. The van der Waals surface area contributed by atoms with Crippen molar-refractivity contribution in [2.75, 3.05) is 37.7 Å². The van der Waals surface area contributed by atoms with Gasteiger partial charge in [-0.25, -0.2) is 0 Å². The van der Waals surface area contributed by atoms with Gasteiger partial charge in [-0.1, -0.05) is 21.6 Å². The van der Waals surface area contributed by atoms with Crippen LogP contribution >= 0.6 is 34.2 Å². The largest absolute Gasteiger partial charge is 0.481 e. The first-order valence-corrected chi connectivity index (χ1v) is 14.8. The summed E-state index contributed by atoms with van der Waals surface area (Å²) in [4.78, 5) is 101. The lowest BCUT2D eigenvalue weighted by Gasteiger charge is -2.42. The standard InChI is InChI=1S/C14H20N2O12S2.C7H11NO6S/c15-6(12(25)26)5-29-30-7(1-8(17)18)14(13(27)28,2-9(19)20)16(3-10(21)22)4-11(23)24;9-5(10)1-8(2-6(11)12)4(3-15)7(13)14/h6-7H,1-5,15H2,(H,17,18)(H,19,20)(H,21,22)(H,23,24)(H,25,26)(H,27,28);4,15H,1-3H2,(H,9,10)(H,11,12)(H,13,14)/t6?,7?,14-;4-/m00/s1. The van der Waals surface area contributed by atoms with Gasteiger partial charge in [0.2, 0.25) is 0 Å². The molecule has 0 spiro atoms. The third kappa shape index (κ3) is 16.7. The number of carboxylic acids is 9. The van der Waals surface area contributed by atoms with E-state index in [9.17, 15) is 58.5 Å². The van der Waals surface area contributed by atoms with Crippen LogP contribution in [0.5, 0.6) is 0 Å². The second-order valence-corrected chi connectivity index (χ2v) is 11.6. The van der Waals surface area contributed by atoms with Crippen LogP contribution in [0.25, 0.3) is 0 Å². The molecule has 0 fully saturated rings. The lowest BCUT2D eigenvalue weighted by Crippen LogP contribution is -2.64. The van der Waals surface area contributed by atoms with Gasteiger partial charge in [0.1, 0.15) is 17.6 Å². The number of aliphatic carboxylic acids is 9. The van der Waals surface area contributed by atoms with Gasteiger partial charge >= 0.3 is 53.7 Å². The van der Waals surface area contributed by atoms with Crippen LogP contribution in [-0.2, 0) is 43.2 Å². The Kier molecular flexibility index (Phi) is 20.2. The van der Waals surface area contributed by atoms with Crippen molar-refractivity contribution in [3.05, 3.63) is 0 Å². The smallest absolute Gasteiger partial charge is 0.325 e. The van der Waals surface area contributed by atoms with Crippen molar-refractivity contribution in [1.29, 1.82) is 0 Å². The van der Waals surface area contributed by atoms with Crippen LogP contribution in [0, 0.1) is 0 Å². The van der Waals surface area contributed by atoms with Gasteiger partial charge < -0.3 is 51.7 Å². The van der Waals surface area contributed by atoms with Crippen LogP contribution in [0.3, 0.4) is 0 Å². The lowest BCUT2D eigenvalue weighted by atomic mass is 9.86. The average molecular weight is 710 g/mol. The Bertz CT molecular complexity index is 1090. The molecule has 0 saturated heterocycles. The topological polar surface area (TPSA) is 368 Å². The third-order valence-corrected chi connectivity index (χ3v) is 8.50. The summed E-state index contributed by atoms with van der Waals surface area (Å²) in [5.41, 5.74) is 2.56. The van der Waals surface area contributed by atoms with Crippen molar-refractivity contribution in [2.24, 2.45) is 5.73 Å². The zero-order valence-corrected chi connectivity index (χ0v) is 25.4. The molecule has 0 aliphatic heterocycles. The Morgan fingerprint density at radius 3 is 1.40 bits per heavy atom. The van der Waals surface area contributed by atoms with Crippen molar-refractivity contribution in [2.45, 2.75) is 35.7 Å². The van der Waals surface area contributed by atoms with Crippen LogP contribution in [0.2, 0.25) is 0 Å². The van der Waals surface area contributed by atoms with Crippen molar-refractivity contribution < 1.29 is 89.1 Å². The molecule has 0 heterocycles. The fraction of sp³-hybridized carbons (Fsp3) is 0.571. The van der Waals surface area contributed by atoms with Crippen molar-refractivity contribution in [3.63, 3.8) is 0 Å². The maximum absolute atomic E-state index is 12.2. The summed E-state index contributed by atoms with van der Waals surface area (Å²) in [7, 11) is 1.11. The van der Waals surface area contributed by atoms with Crippen LogP contribution in [0.15, 0.2) is 0 Å². The first-order chi connectivity index (χ1) is 20.6. The summed E-state index contributed by atoms with van der Waals surface area (Å²) in [5, 5.41) is 79.1. The van der Waals surface area contributed by atoms with E-state index >= 15 is 0 Å². The number of carbonyl (C=O) groups is 9. The van der Waals surface area contributed by atoms with Crippen LogP contribution in [0.1, 0.15) is 12.8 Å². The molecule has 0 amide bonds. The number of carboxylic acid groups (broad SMARTS) is 9. The molecule has 21 nitrogen and oxygen atoms in total. The first kappa shape index (κ1) is 43.3. The molecule has 0 aliphatic rings. The monoisotopic (exact) mass is 709 g/mol. The van der Waals surface area contributed by atoms with E-state index in [0.29, 0.717) is 26.5 Å². The molecular weight excluding hydrogens is 678 g/mol. The number of nitrogens with two attached hydrogens (primary N) is 1. The summed E-state index contributed by atoms with van der Waals surface area (Å²) in [6.07, 6.45) is -2.31. The summed E-state index contributed by atoms with van der Waals surface area (Å²) < 4.78 is 0. The van der Waals surface area contributed by atoms with E-state index in [1.165, 1.54) is 0 Å². The number of hydrogen-bond donors (Lipinski definition) is 11. The number of rotatable bonds is 23. The minimum atomic E-state index is -2.76. The highest BCUT2D eigenvalue weighted by molar-refractivity contribution is 8.77. The molecule has 45 heavy (non-hydrogen) atoms. The van der Waals surface area contributed by atoms with E-state index < -0.39 is 116 Å². The van der Waals surface area contributed by atoms with Crippen LogP contribution in [0.4, 0.5) is 0 Å². The molecule has 0 saturated carbocycles. The second kappa shape index (κ2) is 21.0. The zero-order valence-electron chi connectivity index (χ0n) is 22.8. The quantitative estimate of drug-likeness (QED) is 0.0378. The van der Waals surface area contributed by atoms with Crippen LogP contribution in [-0.4, -0.2) is 170 Å². The highest BCUT2D eigenvalue weighted by Crippen LogP contribution is 2.41. The maximum Gasteiger partial charge on any atom is 0.325 e. The first-order valence-electron chi connectivity index (χ1n) is 11.8. The molecular formula is C21H31N3O18S3. The Hall–Kier alpha value is -3.84. The van der Waals surface area contributed by atoms with E-state index in [1.807, 2.05) is 0 Å². The summed E-state index contributed by atoms with van der Waals surface area (Å²) in [5.74, 6) is -14.4. The fourth-order valence-corrected chi connectivity index (χ4v) is 6.83. The normalized spacial score (nSPS) is 14.1. The number of hydrogen-bond acceptors (Lipinski definition) is 15. The predicted molar refractivity (Wildman–Crippen MR) is 153 cm³/mol. The van der Waals surface area contributed by atoms with E-state index in [0.717, 1.165) is 4.90 Å². The molecule has 11 N–H and O–H groups in total. The Balaban J connectivity index is 0. The molecule has 256 valence electrons. The summed E-state index contributed by atoms with van der Waals surface area (Å²) in [6, 6.07) is -2.62.